The van der Waals surface area contributed by atoms with Crippen molar-refractivity contribution < 1.29 is 19.4 Å². The molecular formula is C42H49ClN6O4. The van der Waals surface area contributed by atoms with Crippen molar-refractivity contribution >= 4 is 23.2 Å². The summed E-state index contributed by atoms with van der Waals surface area (Å²) in [4.78, 5) is 20.3. The van der Waals surface area contributed by atoms with Gasteiger partial charge in [-0.1, -0.05) is 41.9 Å². The maximum atomic E-state index is 11.2. The second-order valence-electron chi connectivity index (χ2n) is 14.0. The standard InChI is InChI=1S/C42H49ClN6O4/c1-29-32(6-2-7-35(29)36-8-3-9-39-37(36)13-19-49(39)16-5-15-48-17-11-34(50)12-18-48)28-53-41-22-40(52-27-31-20-30(23-44)24-47-25-31)33(21-38(41)43)26-46-14-4-10-42(45)51/h2-3,6-9,20-22,24-25,34,46,50H,4-5,10-19,26-28H2,1H3,(H2,45,51). The summed E-state index contributed by atoms with van der Waals surface area (Å²) < 4.78 is 12.7. The fourth-order valence-electron chi connectivity index (χ4n) is 7.26. The predicted octanol–water partition coefficient (Wildman–Crippen LogP) is 6.30. The first kappa shape index (κ1) is 38.1. The van der Waals surface area contributed by atoms with Crippen molar-refractivity contribution in [2.75, 3.05) is 44.2 Å². The number of carbonyl (C=O) groups excluding carboxylic acids is 1. The first-order valence-electron chi connectivity index (χ1n) is 18.6. The lowest BCUT2D eigenvalue weighted by Crippen LogP contribution is -2.37. The lowest BCUT2D eigenvalue weighted by molar-refractivity contribution is -0.118. The van der Waals surface area contributed by atoms with Gasteiger partial charge in [-0.05, 0) is 98.1 Å². The van der Waals surface area contributed by atoms with Gasteiger partial charge in [0.1, 0.15) is 30.8 Å². The minimum absolute atomic E-state index is 0.134. The van der Waals surface area contributed by atoms with Crippen molar-refractivity contribution in [3.8, 4) is 28.7 Å². The average Bonchev–Trinajstić information content (AvgIpc) is 3.58. The highest BCUT2D eigenvalue weighted by Crippen LogP contribution is 2.39. The highest BCUT2D eigenvalue weighted by atomic mass is 35.5. The van der Waals surface area contributed by atoms with E-state index in [0.29, 0.717) is 54.6 Å². The molecule has 2 aliphatic rings. The minimum Gasteiger partial charge on any atom is -0.488 e. The molecule has 2 aliphatic heterocycles. The van der Waals surface area contributed by atoms with Crippen LogP contribution in [0.15, 0.2) is 67.0 Å². The molecule has 3 aromatic carbocycles. The summed E-state index contributed by atoms with van der Waals surface area (Å²) in [6, 6.07) is 20.6. The van der Waals surface area contributed by atoms with Crippen LogP contribution in [0.1, 0.15) is 65.5 Å². The Kier molecular flexibility index (Phi) is 13.2. The summed E-state index contributed by atoms with van der Waals surface area (Å²) >= 11 is 6.80. The van der Waals surface area contributed by atoms with Gasteiger partial charge in [0.2, 0.25) is 5.91 Å². The Hall–Kier alpha value is -4.66. The van der Waals surface area contributed by atoms with E-state index < -0.39 is 0 Å². The number of hydrogen-bond donors (Lipinski definition) is 3. The zero-order chi connectivity index (χ0) is 37.2. The number of fused-ring (bicyclic) bond motifs is 1. The fraction of sp³-hybridized carbons (Fsp3) is 0.405. The number of benzene rings is 3. The third-order valence-electron chi connectivity index (χ3n) is 10.2. The van der Waals surface area contributed by atoms with Crippen LogP contribution in [0.5, 0.6) is 11.5 Å². The minimum atomic E-state index is -0.327. The number of ether oxygens (including phenoxy) is 2. The number of rotatable bonds is 17. The van der Waals surface area contributed by atoms with Gasteiger partial charge in [-0.2, -0.15) is 5.26 Å². The monoisotopic (exact) mass is 736 g/mol. The van der Waals surface area contributed by atoms with Gasteiger partial charge in [-0.3, -0.25) is 9.78 Å². The molecular weight excluding hydrogens is 688 g/mol. The van der Waals surface area contributed by atoms with E-state index in [1.165, 1.54) is 34.1 Å². The lowest BCUT2D eigenvalue weighted by atomic mass is 9.92. The van der Waals surface area contributed by atoms with Gasteiger partial charge >= 0.3 is 0 Å². The van der Waals surface area contributed by atoms with Crippen molar-refractivity contribution in [1.29, 1.82) is 5.26 Å². The maximum Gasteiger partial charge on any atom is 0.217 e. The number of amides is 1. The van der Waals surface area contributed by atoms with Crippen LogP contribution < -0.4 is 25.4 Å². The molecule has 3 heterocycles. The molecule has 0 radical (unpaired) electrons. The van der Waals surface area contributed by atoms with E-state index >= 15 is 0 Å². The van der Waals surface area contributed by atoms with E-state index in [-0.39, 0.29) is 18.6 Å². The topological polar surface area (TPSA) is 137 Å². The Bertz CT molecular complexity index is 1920. The first-order valence-corrected chi connectivity index (χ1v) is 18.9. The van der Waals surface area contributed by atoms with E-state index in [1.807, 2.05) is 12.1 Å². The van der Waals surface area contributed by atoms with E-state index in [4.69, 9.17) is 26.8 Å². The number of piperidine rings is 1. The van der Waals surface area contributed by atoms with Crippen LogP contribution >= 0.6 is 11.6 Å². The molecule has 0 aliphatic carbocycles. The Morgan fingerprint density at radius 1 is 1.00 bits per heavy atom. The molecule has 0 atom stereocenters. The van der Waals surface area contributed by atoms with Gasteiger partial charge < -0.3 is 35.4 Å². The quantitative estimate of drug-likeness (QED) is 0.107. The van der Waals surface area contributed by atoms with Crippen LogP contribution in [0.4, 0.5) is 5.69 Å². The van der Waals surface area contributed by atoms with Crippen molar-refractivity contribution in [3.63, 3.8) is 0 Å². The Morgan fingerprint density at radius 3 is 2.60 bits per heavy atom. The number of nitriles is 1. The summed E-state index contributed by atoms with van der Waals surface area (Å²) in [5.41, 5.74) is 14.8. The molecule has 4 aromatic rings. The SMILES string of the molecule is Cc1c(COc2cc(OCc3cncc(C#N)c3)c(CNCCCC(N)=O)cc2Cl)cccc1-c1cccc2c1CCN2CCCN1CCC(O)CC1. The molecule has 4 N–H and O–H groups in total. The summed E-state index contributed by atoms with van der Waals surface area (Å²) in [5.74, 6) is 0.773. The van der Waals surface area contributed by atoms with E-state index in [9.17, 15) is 15.2 Å². The molecule has 1 amide bonds. The number of nitrogens with zero attached hydrogens (tertiary/aromatic N) is 4. The normalized spacial score (nSPS) is 14.6. The molecule has 278 valence electrons. The molecule has 6 rings (SSSR count). The first-order chi connectivity index (χ1) is 25.8. The van der Waals surface area contributed by atoms with Crippen LogP contribution in [0.25, 0.3) is 11.1 Å². The van der Waals surface area contributed by atoms with E-state index in [0.717, 1.165) is 75.1 Å². The molecule has 1 aromatic heterocycles. The Labute approximate surface area is 317 Å². The summed E-state index contributed by atoms with van der Waals surface area (Å²) in [5, 5.41) is 22.9. The highest BCUT2D eigenvalue weighted by Gasteiger charge is 2.24. The Balaban J connectivity index is 1.14. The lowest BCUT2D eigenvalue weighted by Gasteiger charge is -2.30. The van der Waals surface area contributed by atoms with Gasteiger partial charge in [0.15, 0.2) is 0 Å². The number of anilines is 1. The second-order valence-corrected chi connectivity index (χ2v) is 14.4. The number of nitrogens with one attached hydrogen (secondary N) is 1. The van der Waals surface area contributed by atoms with Gasteiger partial charge in [0.25, 0.3) is 0 Å². The van der Waals surface area contributed by atoms with Crippen molar-refractivity contribution in [1.82, 2.24) is 15.2 Å². The van der Waals surface area contributed by atoms with Gasteiger partial charge in [0, 0.05) is 74.4 Å². The smallest absolute Gasteiger partial charge is 0.217 e. The Morgan fingerprint density at radius 2 is 1.79 bits per heavy atom. The number of hydrogen-bond acceptors (Lipinski definition) is 9. The number of aromatic nitrogens is 1. The van der Waals surface area contributed by atoms with Gasteiger partial charge in [0.05, 0.1) is 16.7 Å². The molecule has 0 spiro atoms. The number of aliphatic hydroxyl groups excluding tert-OH is 1. The number of nitrogens with two attached hydrogens (primary N) is 1. The van der Waals surface area contributed by atoms with Crippen molar-refractivity contribution in [3.05, 3.63) is 105 Å². The summed E-state index contributed by atoms with van der Waals surface area (Å²) in [7, 11) is 0. The van der Waals surface area contributed by atoms with Gasteiger partial charge in [-0.25, -0.2) is 0 Å². The van der Waals surface area contributed by atoms with Crippen LogP contribution in [0.3, 0.4) is 0 Å². The predicted molar refractivity (Wildman–Crippen MR) is 208 cm³/mol. The molecule has 53 heavy (non-hydrogen) atoms. The van der Waals surface area contributed by atoms with E-state index in [1.54, 1.807) is 12.3 Å². The number of aliphatic hydroxyl groups is 1. The van der Waals surface area contributed by atoms with Crippen LogP contribution in [-0.2, 0) is 31.0 Å². The molecule has 0 unspecified atom stereocenters. The van der Waals surface area contributed by atoms with Gasteiger partial charge in [-0.15, -0.1) is 0 Å². The summed E-state index contributed by atoms with van der Waals surface area (Å²) in [6.45, 7) is 8.87. The number of carbonyl (C=O) groups is 1. The third kappa shape index (κ3) is 10.1. The molecule has 11 heteroatoms. The van der Waals surface area contributed by atoms with E-state index in [2.05, 4.69) is 69.5 Å². The molecule has 0 saturated carbocycles. The number of primary amides is 1. The molecule has 10 nitrogen and oxygen atoms in total. The number of halogens is 1. The number of pyridine rings is 1. The van der Waals surface area contributed by atoms with Crippen molar-refractivity contribution in [2.24, 2.45) is 5.73 Å². The van der Waals surface area contributed by atoms with Crippen LogP contribution in [0.2, 0.25) is 5.02 Å². The van der Waals surface area contributed by atoms with Crippen LogP contribution in [0, 0.1) is 18.3 Å². The largest absolute Gasteiger partial charge is 0.488 e. The second kappa shape index (κ2) is 18.4. The molecule has 0 bridgehead atoms. The zero-order valence-electron chi connectivity index (χ0n) is 30.5. The number of likely N-dealkylation sites (tertiary alicyclic amines) is 1. The highest BCUT2D eigenvalue weighted by molar-refractivity contribution is 6.32. The summed E-state index contributed by atoms with van der Waals surface area (Å²) in [6.07, 6.45) is 7.89. The average molecular weight is 737 g/mol. The van der Waals surface area contributed by atoms with Crippen LogP contribution in [-0.4, -0.2) is 66.3 Å². The fourth-order valence-corrected chi connectivity index (χ4v) is 7.50. The maximum absolute atomic E-state index is 11.2. The molecule has 1 saturated heterocycles. The zero-order valence-corrected chi connectivity index (χ0v) is 31.2. The molecule has 1 fully saturated rings. The third-order valence-corrected chi connectivity index (χ3v) is 10.5. The van der Waals surface area contributed by atoms with Crippen molar-refractivity contribution in [2.45, 2.75) is 71.3 Å².